The average molecular weight is 318 g/mol. The van der Waals surface area contributed by atoms with Crippen LogP contribution in [0.15, 0.2) is 54.6 Å². The molecule has 22 heavy (non-hydrogen) atoms. The number of carbonyl (C=O) groups is 2. The third-order valence-electron chi connectivity index (χ3n) is 3.10. The highest BCUT2D eigenvalue weighted by atomic mass is 35.5. The van der Waals surface area contributed by atoms with Crippen LogP contribution in [0.4, 0.5) is 4.79 Å². The van der Waals surface area contributed by atoms with Crippen molar-refractivity contribution in [2.24, 2.45) is 5.73 Å². The van der Waals surface area contributed by atoms with Crippen LogP contribution in [0.2, 0.25) is 5.02 Å². The van der Waals surface area contributed by atoms with E-state index in [1.54, 1.807) is 18.2 Å². The second-order valence-corrected chi connectivity index (χ2v) is 5.08. The molecule has 2 rings (SSSR count). The van der Waals surface area contributed by atoms with Crippen molar-refractivity contribution in [3.05, 3.63) is 70.7 Å². The van der Waals surface area contributed by atoms with Gasteiger partial charge in [0.05, 0.1) is 0 Å². The van der Waals surface area contributed by atoms with Crippen molar-refractivity contribution in [3.63, 3.8) is 0 Å². The molecule has 0 aliphatic rings. The smallest absolute Gasteiger partial charge is 0.318 e. The van der Waals surface area contributed by atoms with Gasteiger partial charge in [-0.3, -0.25) is 15.4 Å². The molecule has 0 bridgehead atoms. The van der Waals surface area contributed by atoms with E-state index in [1.165, 1.54) is 0 Å². The van der Waals surface area contributed by atoms with Crippen molar-refractivity contribution >= 4 is 23.5 Å². The number of urea groups is 1. The van der Waals surface area contributed by atoms with Crippen molar-refractivity contribution < 1.29 is 9.59 Å². The summed E-state index contributed by atoms with van der Waals surface area (Å²) >= 11 is 6.10. The summed E-state index contributed by atoms with van der Waals surface area (Å²) in [6, 6.07) is 14.8. The highest BCUT2D eigenvalue weighted by Crippen LogP contribution is 2.18. The summed E-state index contributed by atoms with van der Waals surface area (Å²) in [4.78, 5) is 23.1. The number of halogens is 1. The molecule has 0 spiro atoms. The Morgan fingerprint density at radius 3 is 2.32 bits per heavy atom. The number of amides is 3. The van der Waals surface area contributed by atoms with E-state index >= 15 is 0 Å². The number of benzene rings is 2. The lowest BCUT2D eigenvalue weighted by Crippen LogP contribution is -2.42. The van der Waals surface area contributed by atoms with E-state index in [4.69, 9.17) is 17.3 Å². The molecule has 0 radical (unpaired) electrons. The molecule has 0 saturated heterocycles. The Hall–Kier alpha value is -2.37. The van der Waals surface area contributed by atoms with Gasteiger partial charge in [-0.2, -0.15) is 0 Å². The van der Waals surface area contributed by atoms with E-state index < -0.39 is 18.0 Å². The fraction of sp³-hybridized carbons (Fsp3) is 0.125. The second kappa shape index (κ2) is 7.59. The summed E-state index contributed by atoms with van der Waals surface area (Å²) < 4.78 is 0. The summed E-state index contributed by atoms with van der Waals surface area (Å²) in [5, 5.41) is 5.80. The normalized spacial score (nSPS) is 11.7. The van der Waals surface area contributed by atoms with E-state index in [0.717, 1.165) is 11.1 Å². The van der Waals surface area contributed by atoms with Gasteiger partial charge in [-0.05, 0) is 17.2 Å². The first kappa shape index (κ1) is 16.0. The van der Waals surface area contributed by atoms with Crippen LogP contribution in [0.5, 0.6) is 0 Å². The maximum atomic E-state index is 12.2. The van der Waals surface area contributed by atoms with Gasteiger partial charge >= 0.3 is 6.03 Å². The molecule has 0 aromatic heterocycles. The summed E-state index contributed by atoms with van der Waals surface area (Å²) in [5.41, 5.74) is 6.61. The number of carbonyl (C=O) groups excluding carboxylic acids is 2. The number of imide groups is 1. The fourth-order valence-electron chi connectivity index (χ4n) is 2.05. The molecule has 114 valence electrons. The molecule has 2 aromatic carbocycles. The molecule has 1 atom stereocenters. The van der Waals surface area contributed by atoms with Crippen LogP contribution in [-0.2, 0) is 11.3 Å². The minimum atomic E-state index is -0.884. The molecule has 5 nitrogen and oxygen atoms in total. The van der Waals surface area contributed by atoms with Crippen LogP contribution in [0, 0.1) is 0 Å². The summed E-state index contributed by atoms with van der Waals surface area (Å²) in [6.45, 7) is 0.380. The molecule has 4 N–H and O–H groups in total. The maximum Gasteiger partial charge on any atom is 0.318 e. The van der Waals surface area contributed by atoms with Crippen LogP contribution < -0.4 is 16.4 Å². The highest BCUT2D eigenvalue weighted by molar-refractivity contribution is 6.31. The molecule has 0 aliphatic heterocycles. The number of nitrogens with two attached hydrogens (primary N) is 1. The first-order valence-electron chi connectivity index (χ1n) is 6.70. The lowest BCUT2D eigenvalue weighted by Gasteiger charge is -2.18. The third-order valence-corrected chi connectivity index (χ3v) is 3.46. The zero-order chi connectivity index (χ0) is 15.9. The largest absolute Gasteiger partial charge is 0.351 e. The number of hydrogen-bond donors (Lipinski definition) is 3. The molecule has 3 amide bonds. The van der Waals surface area contributed by atoms with E-state index in [-0.39, 0.29) is 0 Å². The Labute approximate surface area is 133 Å². The molecule has 0 saturated carbocycles. The maximum absolute atomic E-state index is 12.2. The molecule has 0 fully saturated rings. The predicted molar refractivity (Wildman–Crippen MR) is 85.2 cm³/mol. The quantitative estimate of drug-likeness (QED) is 0.791. The Bertz CT molecular complexity index is 661. The number of hydrogen-bond acceptors (Lipinski definition) is 3. The van der Waals surface area contributed by atoms with Gasteiger partial charge in [-0.25, -0.2) is 4.79 Å². The van der Waals surface area contributed by atoms with Crippen LogP contribution in [0.1, 0.15) is 17.2 Å². The van der Waals surface area contributed by atoms with Crippen LogP contribution in [0.3, 0.4) is 0 Å². The summed E-state index contributed by atoms with van der Waals surface area (Å²) in [6.07, 6.45) is 0. The second-order valence-electron chi connectivity index (χ2n) is 4.67. The molecule has 0 unspecified atom stereocenters. The van der Waals surface area contributed by atoms with E-state index in [9.17, 15) is 9.59 Å². The van der Waals surface area contributed by atoms with Crippen LogP contribution in [0.25, 0.3) is 0 Å². The van der Waals surface area contributed by atoms with E-state index in [1.807, 2.05) is 36.4 Å². The zero-order valence-electron chi connectivity index (χ0n) is 11.8. The number of primary amides is 1. The zero-order valence-corrected chi connectivity index (χ0v) is 12.5. The molecular weight excluding hydrogens is 302 g/mol. The van der Waals surface area contributed by atoms with Crippen molar-refractivity contribution in [2.45, 2.75) is 12.6 Å². The lowest BCUT2D eigenvalue weighted by atomic mass is 10.1. The Morgan fingerprint density at radius 1 is 1.05 bits per heavy atom. The lowest BCUT2D eigenvalue weighted by molar-refractivity contribution is -0.122. The van der Waals surface area contributed by atoms with Gasteiger partial charge in [-0.1, -0.05) is 60.1 Å². The minimum Gasteiger partial charge on any atom is -0.351 e. The van der Waals surface area contributed by atoms with E-state index in [2.05, 4.69) is 10.6 Å². The van der Waals surface area contributed by atoms with Gasteiger partial charge in [0.2, 0.25) is 5.91 Å². The molecule has 0 aliphatic carbocycles. The summed E-state index contributed by atoms with van der Waals surface area (Å²) in [5.74, 6) is -0.509. The SMILES string of the molecule is NC(=O)NC(=O)[C@@H](NCc1ccccc1Cl)c1ccccc1. The van der Waals surface area contributed by atoms with Gasteiger partial charge in [-0.15, -0.1) is 0 Å². The van der Waals surface area contributed by atoms with Crippen molar-refractivity contribution in [1.29, 1.82) is 0 Å². The fourth-order valence-corrected chi connectivity index (χ4v) is 2.26. The van der Waals surface area contributed by atoms with Gasteiger partial charge in [0.25, 0.3) is 0 Å². The topological polar surface area (TPSA) is 84.2 Å². The minimum absolute atomic E-state index is 0.380. The van der Waals surface area contributed by atoms with E-state index in [0.29, 0.717) is 11.6 Å². The van der Waals surface area contributed by atoms with Gasteiger partial charge in [0, 0.05) is 11.6 Å². The first-order valence-corrected chi connectivity index (χ1v) is 7.08. The van der Waals surface area contributed by atoms with Crippen LogP contribution in [-0.4, -0.2) is 11.9 Å². The van der Waals surface area contributed by atoms with Crippen LogP contribution >= 0.6 is 11.6 Å². The van der Waals surface area contributed by atoms with Gasteiger partial charge < -0.3 is 5.73 Å². The summed E-state index contributed by atoms with van der Waals surface area (Å²) in [7, 11) is 0. The standard InChI is InChI=1S/C16H16ClN3O2/c17-13-9-5-4-8-12(13)10-19-14(15(21)20-16(18)22)11-6-2-1-3-7-11/h1-9,14,19H,10H2,(H3,18,20,21,22)/t14-/m0/s1. The molecule has 6 heteroatoms. The molecule has 2 aromatic rings. The highest BCUT2D eigenvalue weighted by Gasteiger charge is 2.21. The third kappa shape index (κ3) is 4.31. The first-order chi connectivity index (χ1) is 10.6. The van der Waals surface area contributed by atoms with Gasteiger partial charge in [0.15, 0.2) is 0 Å². The predicted octanol–water partition coefficient (Wildman–Crippen LogP) is 2.37. The van der Waals surface area contributed by atoms with Crippen molar-refractivity contribution in [1.82, 2.24) is 10.6 Å². The van der Waals surface area contributed by atoms with Crippen molar-refractivity contribution in [3.8, 4) is 0 Å². The number of rotatable bonds is 5. The number of nitrogens with one attached hydrogen (secondary N) is 2. The Morgan fingerprint density at radius 2 is 1.68 bits per heavy atom. The Kier molecular flexibility index (Phi) is 5.52. The monoisotopic (exact) mass is 317 g/mol. The van der Waals surface area contributed by atoms with Gasteiger partial charge in [0.1, 0.15) is 6.04 Å². The molecular formula is C16H16ClN3O2. The molecule has 0 heterocycles. The Balaban J connectivity index is 2.16. The van der Waals surface area contributed by atoms with Crippen molar-refractivity contribution in [2.75, 3.05) is 0 Å². The average Bonchev–Trinajstić information content (AvgIpc) is 2.49.